The Morgan fingerprint density at radius 2 is 1.93 bits per heavy atom. The van der Waals surface area contributed by atoms with Crippen LogP contribution in [0.3, 0.4) is 0 Å². The second kappa shape index (κ2) is 3.01. The first kappa shape index (κ1) is 9.06. The van der Waals surface area contributed by atoms with Crippen molar-refractivity contribution in [1.29, 1.82) is 0 Å². The fourth-order valence-electron chi connectivity index (χ4n) is 1.56. The average molecular weight is 194 g/mol. The number of carbonyl (C=O) groups is 1. The number of hydrogen-bond donors (Lipinski definition) is 0. The number of allylic oxidation sites excluding steroid dienone is 1. The molecule has 0 fully saturated rings. The molecular formula is C11H8F2O. The van der Waals surface area contributed by atoms with Crippen LogP contribution in [-0.2, 0) is 11.2 Å². The van der Waals surface area contributed by atoms with Crippen LogP contribution in [-0.4, -0.2) is 5.78 Å². The fourth-order valence-corrected chi connectivity index (χ4v) is 1.56. The lowest BCUT2D eigenvalue weighted by atomic mass is 10.1. The maximum atomic E-state index is 12.8. The molecule has 0 aromatic heterocycles. The molecule has 0 radical (unpaired) electrons. The molecule has 1 aliphatic carbocycles. The van der Waals surface area contributed by atoms with Gasteiger partial charge < -0.3 is 0 Å². The first-order valence-corrected chi connectivity index (χ1v) is 4.27. The second-order valence-corrected chi connectivity index (χ2v) is 3.37. The predicted octanol–water partition coefficient (Wildman–Crippen LogP) is 2.49. The van der Waals surface area contributed by atoms with Crippen molar-refractivity contribution in [3.05, 3.63) is 40.5 Å². The van der Waals surface area contributed by atoms with Gasteiger partial charge in [-0.3, -0.25) is 4.79 Å². The third-order valence-corrected chi connectivity index (χ3v) is 2.34. The van der Waals surface area contributed by atoms with Crippen LogP contribution in [0, 0.1) is 11.6 Å². The van der Waals surface area contributed by atoms with Crippen molar-refractivity contribution in [2.75, 3.05) is 0 Å². The Bertz CT molecular complexity index is 447. The van der Waals surface area contributed by atoms with Gasteiger partial charge in [-0.05, 0) is 41.8 Å². The van der Waals surface area contributed by atoms with Gasteiger partial charge in [0, 0.05) is 6.42 Å². The van der Waals surface area contributed by atoms with Crippen LogP contribution in [0.15, 0.2) is 17.7 Å². The maximum absolute atomic E-state index is 12.8. The topological polar surface area (TPSA) is 17.1 Å². The number of rotatable bonds is 1. The summed E-state index contributed by atoms with van der Waals surface area (Å²) in [6.07, 6.45) is 2.02. The van der Waals surface area contributed by atoms with Gasteiger partial charge in [0.25, 0.3) is 0 Å². The summed E-state index contributed by atoms with van der Waals surface area (Å²) in [7, 11) is 0. The fraction of sp³-hybridized carbons (Fsp3) is 0.182. The molecule has 0 spiro atoms. The lowest BCUT2D eigenvalue weighted by Crippen LogP contribution is -1.96. The van der Waals surface area contributed by atoms with Crippen LogP contribution in [0.4, 0.5) is 8.78 Å². The van der Waals surface area contributed by atoms with Crippen molar-refractivity contribution in [3.63, 3.8) is 0 Å². The van der Waals surface area contributed by atoms with Crippen molar-refractivity contribution in [2.24, 2.45) is 0 Å². The van der Waals surface area contributed by atoms with E-state index in [2.05, 4.69) is 0 Å². The molecule has 0 bridgehead atoms. The normalized spacial score (nSPS) is 13.8. The van der Waals surface area contributed by atoms with E-state index in [4.69, 9.17) is 0 Å². The third kappa shape index (κ3) is 1.35. The van der Waals surface area contributed by atoms with Crippen LogP contribution in [0.1, 0.15) is 18.1 Å². The molecule has 0 saturated heterocycles. The van der Waals surface area contributed by atoms with Gasteiger partial charge in [0.15, 0.2) is 17.4 Å². The van der Waals surface area contributed by atoms with E-state index in [9.17, 15) is 13.6 Å². The molecule has 0 amide bonds. The summed E-state index contributed by atoms with van der Waals surface area (Å²) >= 11 is 0. The minimum absolute atomic E-state index is 0.0537. The minimum Gasteiger partial charge on any atom is -0.295 e. The molecule has 72 valence electrons. The number of fused-ring (bicyclic) bond motifs is 1. The third-order valence-electron chi connectivity index (χ3n) is 2.34. The molecule has 0 aliphatic heterocycles. The minimum atomic E-state index is -0.871. The molecule has 0 unspecified atom stereocenters. The Labute approximate surface area is 80.1 Å². The van der Waals surface area contributed by atoms with Gasteiger partial charge in [-0.15, -0.1) is 0 Å². The van der Waals surface area contributed by atoms with E-state index < -0.39 is 11.6 Å². The van der Waals surface area contributed by atoms with Gasteiger partial charge in [-0.2, -0.15) is 0 Å². The molecule has 0 saturated carbocycles. The van der Waals surface area contributed by atoms with Crippen LogP contribution in [0.5, 0.6) is 0 Å². The Hall–Kier alpha value is -1.51. The molecule has 1 aromatic carbocycles. The first-order chi connectivity index (χ1) is 6.58. The molecule has 2 rings (SSSR count). The van der Waals surface area contributed by atoms with E-state index in [-0.39, 0.29) is 5.78 Å². The first-order valence-electron chi connectivity index (χ1n) is 4.27. The van der Waals surface area contributed by atoms with E-state index in [0.29, 0.717) is 23.1 Å². The second-order valence-electron chi connectivity index (χ2n) is 3.37. The van der Waals surface area contributed by atoms with Gasteiger partial charge in [0.1, 0.15) is 0 Å². The summed E-state index contributed by atoms with van der Waals surface area (Å²) in [5, 5.41) is 0. The monoisotopic (exact) mass is 194 g/mol. The summed E-state index contributed by atoms with van der Waals surface area (Å²) in [6.45, 7) is 1.45. The number of halogens is 2. The summed E-state index contributed by atoms with van der Waals surface area (Å²) in [5.41, 5.74) is 1.88. The van der Waals surface area contributed by atoms with Crippen LogP contribution >= 0.6 is 0 Å². The zero-order valence-corrected chi connectivity index (χ0v) is 7.60. The highest BCUT2D eigenvalue weighted by Gasteiger charge is 2.18. The Morgan fingerprint density at radius 1 is 1.29 bits per heavy atom. The van der Waals surface area contributed by atoms with E-state index in [0.717, 1.165) is 12.1 Å². The zero-order chi connectivity index (χ0) is 10.3. The summed E-state index contributed by atoms with van der Waals surface area (Å²) in [5.74, 6) is -1.78. The van der Waals surface area contributed by atoms with Gasteiger partial charge in [-0.1, -0.05) is 0 Å². The number of benzene rings is 1. The number of Topliss-reactive ketones (excluding diaryl/α,β-unsaturated/α-hetero) is 1. The van der Waals surface area contributed by atoms with Crippen LogP contribution < -0.4 is 0 Å². The molecule has 1 nitrogen and oxygen atoms in total. The summed E-state index contributed by atoms with van der Waals surface area (Å²) < 4.78 is 25.6. The Kier molecular flexibility index (Phi) is 1.95. The Morgan fingerprint density at radius 3 is 2.57 bits per heavy atom. The smallest absolute Gasteiger partial charge is 0.159 e. The van der Waals surface area contributed by atoms with Gasteiger partial charge in [0.2, 0.25) is 0 Å². The number of hydrogen-bond acceptors (Lipinski definition) is 1. The van der Waals surface area contributed by atoms with Crippen molar-refractivity contribution < 1.29 is 13.6 Å². The molecular weight excluding hydrogens is 186 g/mol. The quantitative estimate of drug-likeness (QED) is 0.671. The van der Waals surface area contributed by atoms with E-state index in [1.54, 1.807) is 6.08 Å². The van der Waals surface area contributed by atoms with Crippen molar-refractivity contribution in [2.45, 2.75) is 13.3 Å². The summed E-state index contributed by atoms with van der Waals surface area (Å²) in [4.78, 5) is 11.0. The average Bonchev–Trinajstić information content (AvgIpc) is 2.48. The lowest BCUT2D eigenvalue weighted by molar-refractivity contribution is -0.113. The number of ketones is 1. The highest BCUT2D eigenvalue weighted by molar-refractivity contribution is 6.00. The number of carbonyl (C=O) groups excluding carboxylic acids is 1. The Balaban J connectivity index is 2.47. The lowest BCUT2D eigenvalue weighted by Gasteiger charge is -1.99. The molecule has 0 N–H and O–H groups in total. The molecule has 0 atom stereocenters. The molecule has 0 heterocycles. The van der Waals surface area contributed by atoms with Crippen LogP contribution in [0.2, 0.25) is 0 Å². The molecule has 1 aliphatic rings. The highest BCUT2D eigenvalue weighted by Crippen LogP contribution is 2.27. The van der Waals surface area contributed by atoms with Gasteiger partial charge in [-0.25, -0.2) is 8.78 Å². The SMILES string of the molecule is CC(=O)C1=Cc2cc(F)c(F)cc2C1. The van der Waals surface area contributed by atoms with Crippen molar-refractivity contribution >= 4 is 11.9 Å². The van der Waals surface area contributed by atoms with Gasteiger partial charge >= 0.3 is 0 Å². The zero-order valence-electron chi connectivity index (χ0n) is 7.60. The molecule has 1 aromatic rings. The van der Waals surface area contributed by atoms with Crippen molar-refractivity contribution in [3.8, 4) is 0 Å². The van der Waals surface area contributed by atoms with Crippen molar-refractivity contribution in [1.82, 2.24) is 0 Å². The van der Waals surface area contributed by atoms with E-state index in [1.165, 1.54) is 6.92 Å². The van der Waals surface area contributed by atoms with E-state index in [1.807, 2.05) is 0 Å². The molecule has 14 heavy (non-hydrogen) atoms. The predicted molar refractivity (Wildman–Crippen MR) is 48.7 cm³/mol. The van der Waals surface area contributed by atoms with E-state index >= 15 is 0 Å². The highest BCUT2D eigenvalue weighted by atomic mass is 19.2. The molecule has 3 heteroatoms. The van der Waals surface area contributed by atoms with Gasteiger partial charge in [0.05, 0.1) is 0 Å². The summed E-state index contributed by atoms with van der Waals surface area (Å²) in [6, 6.07) is 2.28. The van der Waals surface area contributed by atoms with Crippen LogP contribution in [0.25, 0.3) is 6.08 Å². The largest absolute Gasteiger partial charge is 0.295 e. The maximum Gasteiger partial charge on any atom is 0.159 e. The standard InChI is InChI=1S/C11H8F2O/c1-6(14)7-2-8-4-10(12)11(13)5-9(8)3-7/h2,4-5H,3H2,1H3.